The molecule has 21 heavy (non-hydrogen) atoms. The van der Waals surface area contributed by atoms with Gasteiger partial charge in [-0.1, -0.05) is 12.1 Å². The van der Waals surface area contributed by atoms with Crippen LogP contribution in [0.1, 0.15) is 34.8 Å². The number of aryl methyl sites for hydroxylation is 1. The molecule has 0 aliphatic heterocycles. The molecule has 1 unspecified atom stereocenters. The Hall–Kier alpha value is -2.38. The Kier molecular flexibility index (Phi) is 3.59. The van der Waals surface area contributed by atoms with Crippen LogP contribution in [0.25, 0.3) is 0 Å². The fourth-order valence-electron chi connectivity index (χ4n) is 2.58. The smallest absolute Gasteiger partial charge is 0.140 e. The van der Waals surface area contributed by atoms with E-state index in [1.165, 1.54) is 12.1 Å². The van der Waals surface area contributed by atoms with E-state index in [1.807, 2.05) is 24.3 Å². The highest BCUT2D eigenvalue weighted by molar-refractivity contribution is 5.40. The third-order valence-corrected chi connectivity index (χ3v) is 3.72. The van der Waals surface area contributed by atoms with Gasteiger partial charge in [0.15, 0.2) is 0 Å². The van der Waals surface area contributed by atoms with Gasteiger partial charge in [-0.15, -0.1) is 0 Å². The van der Waals surface area contributed by atoms with Crippen molar-refractivity contribution in [2.45, 2.75) is 25.6 Å². The minimum Gasteiger partial charge on any atom is -0.489 e. The summed E-state index contributed by atoms with van der Waals surface area (Å²) in [6.45, 7) is 0.274. The van der Waals surface area contributed by atoms with E-state index in [2.05, 4.69) is 0 Å². The summed E-state index contributed by atoms with van der Waals surface area (Å²) in [5, 5.41) is 18.6. The number of fused-ring (bicyclic) bond motifs is 1. The van der Waals surface area contributed by atoms with Crippen LogP contribution in [0.3, 0.4) is 0 Å². The van der Waals surface area contributed by atoms with Gasteiger partial charge >= 0.3 is 0 Å². The lowest BCUT2D eigenvalue weighted by Crippen LogP contribution is -1.98. The molecule has 0 spiro atoms. The second-order valence-corrected chi connectivity index (χ2v) is 5.13. The number of aliphatic hydroxyl groups is 1. The second-order valence-electron chi connectivity index (χ2n) is 5.13. The standard InChI is InChI=1S/C17H14FNO2/c18-16-5-1-11(7-13(16)9-19)10-21-14-3-4-15-12(8-14)2-6-17(15)20/h1,3-5,7-8,17,20H,2,6,10H2. The van der Waals surface area contributed by atoms with Crippen molar-refractivity contribution in [2.24, 2.45) is 0 Å². The molecule has 1 aliphatic rings. The number of nitrogens with zero attached hydrogens (tertiary/aromatic N) is 1. The predicted octanol–water partition coefficient (Wildman–Crippen LogP) is 3.26. The van der Waals surface area contributed by atoms with E-state index in [9.17, 15) is 9.50 Å². The Bertz CT molecular complexity index is 721. The molecule has 0 saturated heterocycles. The topological polar surface area (TPSA) is 53.2 Å². The lowest BCUT2D eigenvalue weighted by Gasteiger charge is -2.09. The van der Waals surface area contributed by atoms with Crippen molar-refractivity contribution in [2.75, 3.05) is 0 Å². The molecule has 0 fully saturated rings. The molecule has 0 amide bonds. The molecule has 4 heteroatoms. The third kappa shape index (κ3) is 2.74. The molecule has 0 saturated carbocycles. The molecule has 1 N–H and O–H groups in total. The molecule has 2 aromatic rings. The van der Waals surface area contributed by atoms with E-state index in [-0.39, 0.29) is 18.3 Å². The molecule has 0 radical (unpaired) electrons. The van der Waals surface area contributed by atoms with E-state index < -0.39 is 5.82 Å². The van der Waals surface area contributed by atoms with Crippen molar-refractivity contribution < 1.29 is 14.2 Å². The van der Waals surface area contributed by atoms with Crippen LogP contribution < -0.4 is 4.74 Å². The molecular formula is C17H14FNO2. The van der Waals surface area contributed by atoms with Gasteiger partial charge in [0.25, 0.3) is 0 Å². The number of hydrogen-bond donors (Lipinski definition) is 1. The maximum atomic E-state index is 13.2. The monoisotopic (exact) mass is 283 g/mol. The number of benzene rings is 2. The fourth-order valence-corrected chi connectivity index (χ4v) is 2.58. The Morgan fingerprint density at radius 3 is 2.95 bits per heavy atom. The molecular weight excluding hydrogens is 269 g/mol. The van der Waals surface area contributed by atoms with Crippen LogP contribution >= 0.6 is 0 Å². The van der Waals surface area contributed by atoms with Gasteiger partial charge in [-0.05, 0) is 53.8 Å². The maximum Gasteiger partial charge on any atom is 0.140 e. The quantitative estimate of drug-likeness (QED) is 0.940. The summed E-state index contributed by atoms with van der Waals surface area (Å²) in [5.74, 6) is 0.193. The largest absolute Gasteiger partial charge is 0.489 e. The lowest BCUT2D eigenvalue weighted by molar-refractivity contribution is 0.180. The van der Waals surface area contributed by atoms with Crippen LogP contribution in [0.15, 0.2) is 36.4 Å². The van der Waals surface area contributed by atoms with E-state index in [0.717, 1.165) is 29.5 Å². The number of halogens is 1. The van der Waals surface area contributed by atoms with Gasteiger partial charge < -0.3 is 9.84 Å². The summed E-state index contributed by atoms with van der Waals surface area (Å²) in [6.07, 6.45) is 1.23. The van der Waals surface area contributed by atoms with Gasteiger partial charge in [-0.25, -0.2) is 4.39 Å². The van der Waals surface area contributed by atoms with Crippen LogP contribution in [-0.2, 0) is 13.0 Å². The summed E-state index contributed by atoms with van der Waals surface area (Å²) in [4.78, 5) is 0. The first-order valence-corrected chi connectivity index (χ1v) is 6.79. The number of nitriles is 1. The van der Waals surface area contributed by atoms with Gasteiger partial charge in [0.2, 0.25) is 0 Å². The van der Waals surface area contributed by atoms with E-state index in [1.54, 1.807) is 6.07 Å². The summed E-state index contributed by atoms with van der Waals surface area (Å²) >= 11 is 0. The van der Waals surface area contributed by atoms with Crippen LogP contribution in [0.5, 0.6) is 5.75 Å². The highest BCUT2D eigenvalue weighted by Crippen LogP contribution is 2.33. The first-order valence-electron chi connectivity index (χ1n) is 6.79. The van der Waals surface area contributed by atoms with Crippen molar-refractivity contribution in [1.82, 2.24) is 0 Å². The Balaban J connectivity index is 1.72. The Labute approximate surface area is 122 Å². The minimum absolute atomic E-state index is 0.0215. The lowest BCUT2D eigenvalue weighted by atomic mass is 10.1. The summed E-state index contributed by atoms with van der Waals surface area (Å²) < 4.78 is 18.9. The zero-order chi connectivity index (χ0) is 14.8. The normalized spacial score (nSPS) is 16.3. The molecule has 0 aromatic heterocycles. The number of ether oxygens (including phenoxy) is 1. The summed E-state index contributed by atoms with van der Waals surface area (Å²) in [7, 11) is 0. The molecule has 2 aromatic carbocycles. The van der Waals surface area contributed by atoms with E-state index in [0.29, 0.717) is 5.75 Å². The average Bonchev–Trinajstić information content (AvgIpc) is 2.87. The van der Waals surface area contributed by atoms with Crippen LogP contribution in [0.4, 0.5) is 4.39 Å². The van der Waals surface area contributed by atoms with Crippen molar-refractivity contribution in [3.8, 4) is 11.8 Å². The molecule has 0 bridgehead atoms. The fraction of sp³-hybridized carbons (Fsp3) is 0.235. The Morgan fingerprint density at radius 1 is 1.29 bits per heavy atom. The molecule has 0 heterocycles. The van der Waals surface area contributed by atoms with Crippen molar-refractivity contribution in [3.05, 3.63) is 64.5 Å². The highest BCUT2D eigenvalue weighted by Gasteiger charge is 2.20. The third-order valence-electron chi connectivity index (χ3n) is 3.72. The maximum absolute atomic E-state index is 13.2. The van der Waals surface area contributed by atoms with Crippen molar-refractivity contribution >= 4 is 0 Å². The number of aliphatic hydroxyl groups excluding tert-OH is 1. The van der Waals surface area contributed by atoms with Crippen LogP contribution in [0.2, 0.25) is 0 Å². The second kappa shape index (κ2) is 5.55. The van der Waals surface area contributed by atoms with Gasteiger partial charge in [0, 0.05) is 0 Å². The van der Waals surface area contributed by atoms with E-state index >= 15 is 0 Å². The van der Waals surface area contributed by atoms with Crippen LogP contribution in [-0.4, -0.2) is 5.11 Å². The van der Waals surface area contributed by atoms with Gasteiger partial charge in [0.05, 0.1) is 11.7 Å². The van der Waals surface area contributed by atoms with Gasteiger partial charge in [-0.3, -0.25) is 0 Å². The number of rotatable bonds is 3. The molecule has 106 valence electrons. The average molecular weight is 283 g/mol. The minimum atomic E-state index is -0.521. The van der Waals surface area contributed by atoms with Gasteiger partial charge in [-0.2, -0.15) is 5.26 Å². The van der Waals surface area contributed by atoms with Crippen molar-refractivity contribution in [1.29, 1.82) is 5.26 Å². The molecule has 3 nitrogen and oxygen atoms in total. The number of hydrogen-bond acceptors (Lipinski definition) is 3. The summed E-state index contributed by atoms with van der Waals surface area (Å²) in [5.41, 5.74) is 2.84. The Morgan fingerprint density at radius 2 is 2.14 bits per heavy atom. The van der Waals surface area contributed by atoms with Crippen molar-refractivity contribution in [3.63, 3.8) is 0 Å². The SMILES string of the molecule is N#Cc1cc(COc2ccc3c(c2)CCC3O)ccc1F. The molecule has 1 aliphatic carbocycles. The molecule has 1 atom stereocenters. The summed E-state index contributed by atoms with van der Waals surface area (Å²) in [6, 6.07) is 11.8. The van der Waals surface area contributed by atoms with Gasteiger partial charge in [0.1, 0.15) is 24.2 Å². The van der Waals surface area contributed by atoms with Crippen LogP contribution in [0, 0.1) is 17.1 Å². The zero-order valence-corrected chi connectivity index (χ0v) is 11.3. The zero-order valence-electron chi connectivity index (χ0n) is 11.3. The predicted molar refractivity (Wildman–Crippen MR) is 75.2 cm³/mol. The highest BCUT2D eigenvalue weighted by atomic mass is 19.1. The first kappa shape index (κ1) is 13.6. The first-order chi connectivity index (χ1) is 10.2. The van der Waals surface area contributed by atoms with E-state index in [4.69, 9.17) is 10.00 Å². The molecule has 3 rings (SSSR count).